The molecule has 7 heteroatoms. The summed E-state index contributed by atoms with van der Waals surface area (Å²) in [4.78, 5) is 6.55. The molecule has 0 unspecified atom stereocenters. The molecule has 0 fully saturated rings. The van der Waals surface area contributed by atoms with E-state index in [2.05, 4.69) is 58.8 Å². The van der Waals surface area contributed by atoms with Gasteiger partial charge in [-0.1, -0.05) is 37.6 Å². The molecule has 0 amide bonds. The second-order valence-corrected chi connectivity index (χ2v) is 7.45. The summed E-state index contributed by atoms with van der Waals surface area (Å²) in [6.45, 7) is 7.89. The molecule has 2 aromatic rings. The average Bonchev–Trinajstić information content (AvgIpc) is 3.28. The maximum Gasteiger partial charge on any atom is 0.191 e. The third-order valence-electron chi connectivity index (χ3n) is 4.79. The Balaban J connectivity index is 1.68. The van der Waals surface area contributed by atoms with E-state index in [4.69, 9.17) is 13.9 Å². The van der Waals surface area contributed by atoms with Gasteiger partial charge in [0.2, 0.25) is 0 Å². The summed E-state index contributed by atoms with van der Waals surface area (Å²) in [7, 11) is 3.88. The van der Waals surface area contributed by atoms with Crippen molar-refractivity contribution in [3.63, 3.8) is 0 Å². The summed E-state index contributed by atoms with van der Waals surface area (Å²) >= 11 is 0. The largest absolute Gasteiger partial charge is 0.468 e. The Kier molecular flexibility index (Phi) is 12.4. The van der Waals surface area contributed by atoms with Gasteiger partial charge < -0.3 is 24.5 Å². The van der Waals surface area contributed by atoms with Crippen LogP contribution in [0.25, 0.3) is 0 Å². The molecule has 0 spiro atoms. The molecule has 0 radical (unpaired) electrons. The van der Waals surface area contributed by atoms with E-state index < -0.39 is 0 Å². The molecule has 2 rings (SSSR count). The van der Waals surface area contributed by atoms with E-state index >= 15 is 0 Å². The van der Waals surface area contributed by atoms with Gasteiger partial charge in [0, 0.05) is 33.3 Å². The minimum absolute atomic E-state index is 0.617. The molecule has 0 saturated carbocycles. The lowest BCUT2D eigenvalue weighted by molar-refractivity contribution is 0.0487. The van der Waals surface area contributed by atoms with Crippen LogP contribution < -0.4 is 10.6 Å². The van der Waals surface area contributed by atoms with Crippen LogP contribution in [0, 0.1) is 0 Å². The highest BCUT2D eigenvalue weighted by molar-refractivity contribution is 5.79. The van der Waals surface area contributed by atoms with Gasteiger partial charge in [-0.05, 0) is 36.7 Å². The standard InChI is InChI=1S/C24H38N4O3/c1-4-5-13-29-16-17-30-15-12-26-24(25-2)27-18-21-9-6-7-10-22(21)19-28(3)20-23-11-8-14-31-23/h6-11,14H,4-5,12-13,15-20H2,1-3H3,(H2,25,26,27). The van der Waals surface area contributed by atoms with Gasteiger partial charge in [-0.2, -0.15) is 0 Å². The third kappa shape index (κ3) is 10.5. The first kappa shape index (κ1) is 24.9. The summed E-state index contributed by atoms with van der Waals surface area (Å²) in [5.74, 6) is 1.74. The highest BCUT2D eigenvalue weighted by atomic mass is 16.5. The van der Waals surface area contributed by atoms with Crippen molar-refractivity contribution in [1.82, 2.24) is 15.5 Å². The number of benzene rings is 1. The van der Waals surface area contributed by atoms with Gasteiger partial charge in [-0.3, -0.25) is 9.89 Å². The molecule has 0 atom stereocenters. The first-order chi connectivity index (χ1) is 15.2. The number of nitrogens with zero attached hydrogens (tertiary/aromatic N) is 2. The highest BCUT2D eigenvalue weighted by Gasteiger charge is 2.08. The van der Waals surface area contributed by atoms with Crippen LogP contribution in [-0.2, 0) is 29.1 Å². The lowest BCUT2D eigenvalue weighted by atomic mass is 10.1. The lowest BCUT2D eigenvalue weighted by Crippen LogP contribution is -2.38. The van der Waals surface area contributed by atoms with E-state index in [1.165, 1.54) is 11.1 Å². The molecule has 0 aliphatic carbocycles. The normalized spacial score (nSPS) is 11.8. The molecule has 1 aromatic carbocycles. The van der Waals surface area contributed by atoms with Crippen LogP contribution in [-0.4, -0.2) is 57.9 Å². The number of rotatable bonds is 15. The number of ether oxygens (including phenoxy) is 2. The Bertz CT molecular complexity index is 734. The first-order valence-electron chi connectivity index (χ1n) is 11.1. The van der Waals surface area contributed by atoms with Crippen molar-refractivity contribution in [3.8, 4) is 0 Å². The van der Waals surface area contributed by atoms with Crippen molar-refractivity contribution in [3.05, 3.63) is 59.5 Å². The Morgan fingerprint density at radius 3 is 2.45 bits per heavy atom. The molecule has 2 N–H and O–H groups in total. The number of hydrogen-bond acceptors (Lipinski definition) is 5. The molecular formula is C24H38N4O3. The monoisotopic (exact) mass is 430 g/mol. The predicted molar refractivity (Wildman–Crippen MR) is 125 cm³/mol. The average molecular weight is 431 g/mol. The van der Waals surface area contributed by atoms with Crippen LogP contribution in [0.2, 0.25) is 0 Å². The van der Waals surface area contributed by atoms with Crippen LogP contribution in [0.1, 0.15) is 36.7 Å². The fraction of sp³-hybridized carbons (Fsp3) is 0.542. The van der Waals surface area contributed by atoms with Crippen molar-refractivity contribution in [2.45, 2.75) is 39.4 Å². The highest BCUT2D eigenvalue weighted by Crippen LogP contribution is 2.13. The van der Waals surface area contributed by atoms with Crippen molar-refractivity contribution in [2.24, 2.45) is 4.99 Å². The van der Waals surface area contributed by atoms with Crippen molar-refractivity contribution >= 4 is 5.96 Å². The third-order valence-corrected chi connectivity index (χ3v) is 4.79. The maximum atomic E-state index is 5.59. The topological polar surface area (TPSA) is 71.3 Å². The summed E-state index contributed by atoms with van der Waals surface area (Å²) in [5.41, 5.74) is 2.53. The fourth-order valence-corrected chi connectivity index (χ4v) is 3.11. The van der Waals surface area contributed by atoms with Gasteiger partial charge >= 0.3 is 0 Å². The molecular weight excluding hydrogens is 392 g/mol. The number of nitrogens with one attached hydrogen (secondary N) is 2. The predicted octanol–water partition coefficient (Wildman–Crippen LogP) is 3.41. The Hall–Kier alpha value is -2.35. The Morgan fingerprint density at radius 1 is 0.968 bits per heavy atom. The minimum atomic E-state index is 0.617. The minimum Gasteiger partial charge on any atom is -0.468 e. The molecule has 0 aliphatic rings. The van der Waals surface area contributed by atoms with Crippen LogP contribution in [0.3, 0.4) is 0 Å². The van der Waals surface area contributed by atoms with E-state index in [9.17, 15) is 0 Å². The Labute approximate surface area is 186 Å². The maximum absolute atomic E-state index is 5.59. The van der Waals surface area contributed by atoms with Crippen LogP contribution in [0.15, 0.2) is 52.1 Å². The zero-order chi connectivity index (χ0) is 22.2. The van der Waals surface area contributed by atoms with Crippen molar-refractivity contribution in [1.29, 1.82) is 0 Å². The summed E-state index contributed by atoms with van der Waals surface area (Å²) in [5, 5.41) is 6.68. The SMILES string of the molecule is CCCCOCCOCCNC(=NC)NCc1ccccc1CN(C)Cc1ccco1. The zero-order valence-electron chi connectivity index (χ0n) is 19.2. The number of guanidine groups is 1. The quantitative estimate of drug-likeness (QED) is 0.256. The molecule has 31 heavy (non-hydrogen) atoms. The smallest absolute Gasteiger partial charge is 0.191 e. The fourth-order valence-electron chi connectivity index (χ4n) is 3.11. The molecule has 0 saturated heterocycles. The van der Waals surface area contributed by atoms with Gasteiger partial charge in [-0.15, -0.1) is 0 Å². The van der Waals surface area contributed by atoms with Crippen molar-refractivity contribution < 1.29 is 13.9 Å². The van der Waals surface area contributed by atoms with E-state index in [1.54, 1.807) is 13.3 Å². The zero-order valence-corrected chi connectivity index (χ0v) is 19.2. The van der Waals surface area contributed by atoms with Gasteiger partial charge in [0.25, 0.3) is 0 Å². The van der Waals surface area contributed by atoms with E-state index in [0.717, 1.165) is 44.3 Å². The molecule has 0 bridgehead atoms. The van der Waals surface area contributed by atoms with E-state index in [-0.39, 0.29) is 0 Å². The van der Waals surface area contributed by atoms with Crippen molar-refractivity contribution in [2.75, 3.05) is 47.1 Å². The number of unbranched alkanes of at least 4 members (excludes halogenated alkanes) is 1. The van der Waals surface area contributed by atoms with E-state index in [0.29, 0.717) is 32.9 Å². The molecule has 1 aromatic heterocycles. The van der Waals surface area contributed by atoms with Crippen LogP contribution in [0.4, 0.5) is 0 Å². The first-order valence-corrected chi connectivity index (χ1v) is 11.1. The second-order valence-electron chi connectivity index (χ2n) is 7.45. The van der Waals surface area contributed by atoms with E-state index in [1.807, 2.05) is 12.1 Å². The molecule has 1 heterocycles. The molecule has 0 aliphatic heterocycles. The lowest BCUT2D eigenvalue weighted by Gasteiger charge is -2.19. The van der Waals surface area contributed by atoms with Crippen LogP contribution in [0.5, 0.6) is 0 Å². The number of furan rings is 1. The number of hydrogen-bond donors (Lipinski definition) is 2. The second kappa shape index (κ2) is 15.5. The van der Waals surface area contributed by atoms with Crippen LogP contribution >= 0.6 is 0 Å². The van der Waals surface area contributed by atoms with Gasteiger partial charge in [-0.25, -0.2) is 0 Å². The molecule has 172 valence electrons. The summed E-state index contributed by atoms with van der Waals surface area (Å²) < 4.78 is 16.5. The molecule has 7 nitrogen and oxygen atoms in total. The summed E-state index contributed by atoms with van der Waals surface area (Å²) in [6, 6.07) is 12.4. The Morgan fingerprint density at radius 2 is 1.74 bits per heavy atom. The number of aliphatic imine (C=N–C) groups is 1. The van der Waals surface area contributed by atoms with Gasteiger partial charge in [0.1, 0.15) is 5.76 Å². The van der Waals surface area contributed by atoms with Gasteiger partial charge in [0.05, 0.1) is 32.6 Å². The summed E-state index contributed by atoms with van der Waals surface area (Å²) in [6.07, 6.45) is 3.97. The van der Waals surface area contributed by atoms with Gasteiger partial charge in [0.15, 0.2) is 5.96 Å².